The van der Waals surface area contributed by atoms with E-state index in [0.717, 1.165) is 31.0 Å². The average molecular weight is 433 g/mol. The minimum atomic E-state index is -0.526. The highest BCUT2D eigenvalue weighted by atomic mass is 16.6. The lowest BCUT2D eigenvalue weighted by Crippen LogP contribution is -2.54. The van der Waals surface area contributed by atoms with Crippen LogP contribution < -0.4 is 20.9 Å². The fraction of sp³-hybridized carbons (Fsp3) is 0.696. The summed E-state index contributed by atoms with van der Waals surface area (Å²) in [5.74, 6) is 1.74. The molecule has 1 fully saturated rings. The van der Waals surface area contributed by atoms with E-state index in [-0.39, 0.29) is 0 Å². The third-order valence-electron chi connectivity index (χ3n) is 4.79. The Morgan fingerprint density at radius 3 is 2.52 bits per heavy atom. The van der Waals surface area contributed by atoms with E-state index in [2.05, 4.69) is 31.9 Å². The van der Waals surface area contributed by atoms with E-state index in [1.807, 2.05) is 53.8 Å². The first-order valence-electron chi connectivity index (χ1n) is 11.3. The molecule has 1 amide bonds. The van der Waals surface area contributed by atoms with Crippen LogP contribution in [0.2, 0.25) is 0 Å². The van der Waals surface area contributed by atoms with Gasteiger partial charge in [-0.15, -0.1) is 0 Å². The Bertz CT molecular complexity index is 736. The van der Waals surface area contributed by atoms with Crippen LogP contribution in [0.1, 0.15) is 66.4 Å². The summed E-state index contributed by atoms with van der Waals surface area (Å²) in [4.78, 5) is 23.7. The molecule has 2 heterocycles. The number of piperidine rings is 1. The number of aromatic nitrogens is 1. The molecular weight excluding hydrogens is 392 g/mol. The standard InChI is InChI=1S/C23H40N6O2/c1-7-24-20(27-17-23(5,6)28-21(30)31-22(2,3)4)26-16-18-11-12-25-19(15-18)29-13-9-8-10-14-29/h11-12,15H,7-10,13-14,16-17H2,1-6H3,(H,28,30)(H2,24,26,27). The second kappa shape index (κ2) is 11.2. The minimum Gasteiger partial charge on any atom is -0.444 e. The molecule has 0 radical (unpaired) electrons. The molecule has 0 atom stereocenters. The molecule has 2 rings (SSSR count). The Hall–Kier alpha value is -2.51. The molecule has 1 saturated heterocycles. The summed E-state index contributed by atoms with van der Waals surface area (Å²) in [5.41, 5.74) is 0.0944. The number of ether oxygens (including phenoxy) is 1. The van der Waals surface area contributed by atoms with Crippen LogP contribution in [0.3, 0.4) is 0 Å². The molecule has 0 bridgehead atoms. The number of nitrogens with one attached hydrogen (secondary N) is 3. The number of nitrogens with zero attached hydrogens (tertiary/aromatic N) is 3. The maximum atomic E-state index is 12.1. The zero-order valence-corrected chi connectivity index (χ0v) is 20.0. The lowest BCUT2D eigenvalue weighted by atomic mass is 10.1. The van der Waals surface area contributed by atoms with Crippen LogP contribution in [0.4, 0.5) is 10.6 Å². The minimum absolute atomic E-state index is 0.428. The topological polar surface area (TPSA) is 90.9 Å². The third-order valence-corrected chi connectivity index (χ3v) is 4.79. The highest BCUT2D eigenvalue weighted by Gasteiger charge is 2.24. The summed E-state index contributed by atoms with van der Waals surface area (Å²) in [7, 11) is 0. The van der Waals surface area contributed by atoms with Gasteiger partial charge in [-0.2, -0.15) is 0 Å². The van der Waals surface area contributed by atoms with Crippen molar-refractivity contribution < 1.29 is 9.53 Å². The first-order chi connectivity index (χ1) is 14.6. The molecular formula is C23H40N6O2. The second-order valence-electron chi connectivity index (χ2n) is 9.63. The van der Waals surface area contributed by atoms with Crippen molar-refractivity contribution >= 4 is 17.9 Å². The number of guanidine groups is 1. The number of anilines is 1. The predicted molar refractivity (Wildman–Crippen MR) is 127 cm³/mol. The molecule has 31 heavy (non-hydrogen) atoms. The summed E-state index contributed by atoms with van der Waals surface area (Å²) >= 11 is 0. The molecule has 174 valence electrons. The van der Waals surface area contributed by atoms with Gasteiger partial charge in [0.25, 0.3) is 0 Å². The zero-order valence-electron chi connectivity index (χ0n) is 20.0. The van der Waals surface area contributed by atoms with Gasteiger partial charge in [0.1, 0.15) is 11.4 Å². The van der Waals surface area contributed by atoms with Crippen LogP contribution in [0.5, 0.6) is 0 Å². The predicted octanol–water partition coefficient (Wildman–Crippen LogP) is 3.43. The highest BCUT2D eigenvalue weighted by molar-refractivity contribution is 5.80. The van der Waals surface area contributed by atoms with Gasteiger partial charge in [-0.1, -0.05) is 0 Å². The van der Waals surface area contributed by atoms with Crippen molar-refractivity contribution in [3.05, 3.63) is 23.9 Å². The first kappa shape index (κ1) is 24.8. The molecule has 8 nitrogen and oxygen atoms in total. The van der Waals surface area contributed by atoms with Crippen LogP contribution in [0.15, 0.2) is 23.3 Å². The van der Waals surface area contributed by atoms with Crippen molar-refractivity contribution in [2.24, 2.45) is 4.99 Å². The second-order valence-corrected chi connectivity index (χ2v) is 9.63. The summed E-state index contributed by atoms with van der Waals surface area (Å²) in [6.07, 6.45) is 5.20. The van der Waals surface area contributed by atoms with Crippen molar-refractivity contribution in [2.75, 3.05) is 31.1 Å². The molecule has 3 N–H and O–H groups in total. The molecule has 0 saturated carbocycles. The number of carbonyl (C=O) groups is 1. The van der Waals surface area contributed by atoms with Crippen molar-refractivity contribution in [2.45, 2.75) is 78.5 Å². The Morgan fingerprint density at radius 1 is 1.16 bits per heavy atom. The summed E-state index contributed by atoms with van der Waals surface area (Å²) in [6.45, 7) is 15.4. The van der Waals surface area contributed by atoms with E-state index in [0.29, 0.717) is 19.0 Å². The van der Waals surface area contributed by atoms with E-state index < -0.39 is 17.2 Å². The number of alkyl carbamates (subject to hydrolysis) is 1. The van der Waals surface area contributed by atoms with Crippen molar-refractivity contribution in [1.29, 1.82) is 0 Å². The normalized spacial score (nSPS) is 15.4. The number of carbonyl (C=O) groups excluding carboxylic acids is 1. The number of aliphatic imine (C=N–C) groups is 1. The Kier molecular flexibility index (Phi) is 8.95. The SMILES string of the molecule is CCNC(=NCc1ccnc(N2CCCCC2)c1)NCC(C)(C)NC(=O)OC(C)(C)C. The number of rotatable bonds is 7. The van der Waals surface area contributed by atoms with E-state index in [4.69, 9.17) is 9.73 Å². The van der Waals surface area contributed by atoms with Crippen LogP contribution >= 0.6 is 0 Å². The van der Waals surface area contributed by atoms with Gasteiger partial charge in [-0.05, 0) is 78.5 Å². The Labute approximate surface area is 187 Å². The van der Waals surface area contributed by atoms with E-state index in [1.54, 1.807) is 0 Å². The van der Waals surface area contributed by atoms with Crippen LogP contribution in [0.25, 0.3) is 0 Å². The molecule has 1 aromatic heterocycles. The van der Waals surface area contributed by atoms with Crippen LogP contribution in [-0.2, 0) is 11.3 Å². The molecule has 8 heteroatoms. The monoisotopic (exact) mass is 432 g/mol. The maximum absolute atomic E-state index is 12.1. The number of hydrogen-bond acceptors (Lipinski definition) is 5. The molecule has 0 spiro atoms. The van der Waals surface area contributed by atoms with Gasteiger partial charge in [0.15, 0.2) is 5.96 Å². The molecule has 1 aromatic rings. The lowest BCUT2D eigenvalue weighted by molar-refractivity contribution is 0.0474. The largest absolute Gasteiger partial charge is 0.444 e. The zero-order chi connectivity index (χ0) is 22.9. The van der Waals surface area contributed by atoms with Crippen molar-refractivity contribution in [3.8, 4) is 0 Å². The molecule has 0 aromatic carbocycles. The fourth-order valence-electron chi connectivity index (χ4n) is 3.30. The van der Waals surface area contributed by atoms with E-state index in [9.17, 15) is 4.79 Å². The van der Waals surface area contributed by atoms with E-state index in [1.165, 1.54) is 19.3 Å². The maximum Gasteiger partial charge on any atom is 0.408 e. The number of hydrogen-bond donors (Lipinski definition) is 3. The summed E-state index contributed by atoms with van der Waals surface area (Å²) in [5, 5.41) is 9.49. The van der Waals surface area contributed by atoms with Crippen LogP contribution in [-0.4, -0.2) is 54.4 Å². The van der Waals surface area contributed by atoms with Gasteiger partial charge in [-0.3, -0.25) is 0 Å². The van der Waals surface area contributed by atoms with Gasteiger partial charge in [0.2, 0.25) is 0 Å². The molecule has 1 aliphatic rings. The molecule has 0 aliphatic carbocycles. The lowest BCUT2D eigenvalue weighted by Gasteiger charge is -2.29. The van der Waals surface area contributed by atoms with Gasteiger partial charge in [0.05, 0.1) is 12.1 Å². The van der Waals surface area contributed by atoms with Gasteiger partial charge in [-0.25, -0.2) is 14.8 Å². The molecule has 0 unspecified atom stereocenters. The highest BCUT2D eigenvalue weighted by Crippen LogP contribution is 2.18. The Morgan fingerprint density at radius 2 is 1.87 bits per heavy atom. The third kappa shape index (κ3) is 9.44. The Balaban J connectivity index is 1.94. The van der Waals surface area contributed by atoms with Crippen LogP contribution in [0, 0.1) is 0 Å². The smallest absolute Gasteiger partial charge is 0.408 e. The fourth-order valence-corrected chi connectivity index (χ4v) is 3.30. The molecule has 1 aliphatic heterocycles. The first-order valence-corrected chi connectivity index (χ1v) is 11.3. The average Bonchev–Trinajstić information content (AvgIpc) is 2.69. The van der Waals surface area contributed by atoms with Gasteiger partial charge < -0.3 is 25.6 Å². The van der Waals surface area contributed by atoms with Gasteiger partial charge >= 0.3 is 6.09 Å². The number of amides is 1. The number of pyridine rings is 1. The van der Waals surface area contributed by atoms with Crippen molar-refractivity contribution in [3.63, 3.8) is 0 Å². The van der Waals surface area contributed by atoms with E-state index >= 15 is 0 Å². The summed E-state index contributed by atoms with van der Waals surface area (Å²) < 4.78 is 5.36. The quantitative estimate of drug-likeness (QED) is 0.452. The van der Waals surface area contributed by atoms with Gasteiger partial charge in [0, 0.05) is 32.4 Å². The summed E-state index contributed by atoms with van der Waals surface area (Å²) in [6, 6.07) is 4.14. The van der Waals surface area contributed by atoms with Crippen molar-refractivity contribution in [1.82, 2.24) is 20.9 Å².